The van der Waals surface area contributed by atoms with E-state index < -0.39 is 5.92 Å². The van der Waals surface area contributed by atoms with Gasteiger partial charge >= 0.3 is 0 Å². The Hall–Kier alpha value is -2.13. The lowest BCUT2D eigenvalue weighted by Gasteiger charge is -2.09. The van der Waals surface area contributed by atoms with Crippen LogP contribution in [0.15, 0.2) is 29.4 Å². The zero-order chi connectivity index (χ0) is 18.2. The fourth-order valence-corrected chi connectivity index (χ4v) is 3.65. The minimum atomic E-state index is -0.949. The van der Waals surface area contributed by atoms with Crippen molar-refractivity contribution in [3.8, 4) is 6.07 Å². The number of thioether (sulfide) groups is 1. The Balaban J connectivity index is 2.15. The number of rotatable bonds is 10. The topological polar surface area (TPSA) is 82.5 Å². The van der Waals surface area contributed by atoms with Gasteiger partial charge in [-0.25, -0.2) is 4.98 Å². The number of aryl methyl sites for hydroxylation is 1. The zero-order valence-electron chi connectivity index (χ0n) is 14.8. The van der Waals surface area contributed by atoms with Crippen LogP contribution in [-0.2, 0) is 11.3 Å². The highest BCUT2D eigenvalue weighted by Crippen LogP contribution is 2.25. The van der Waals surface area contributed by atoms with E-state index in [-0.39, 0.29) is 17.2 Å². The van der Waals surface area contributed by atoms with Crippen LogP contribution < -0.4 is 0 Å². The van der Waals surface area contributed by atoms with Gasteiger partial charge < -0.3 is 9.98 Å². The number of para-hydroxylation sites is 2. The highest BCUT2D eigenvalue weighted by Gasteiger charge is 2.21. The lowest BCUT2D eigenvalue weighted by Crippen LogP contribution is -2.21. The number of imidazole rings is 1. The number of ketones is 1. The van der Waals surface area contributed by atoms with Crippen molar-refractivity contribution in [2.24, 2.45) is 5.92 Å². The van der Waals surface area contributed by atoms with E-state index in [1.165, 1.54) is 37.9 Å². The molecule has 0 aliphatic heterocycles. The van der Waals surface area contributed by atoms with Crippen molar-refractivity contribution >= 4 is 34.3 Å². The molecule has 0 saturated carbocycles. The summed E-state index contributed by atoms with van der Waals surface area (Å²) in [4.78, 5) is 16.8. The van der Waals surface area contributed by atoms with Crippen molar-refractivity contribution in [2.45, 2.75) is 51.2 Å². The van der Waals surface area contributed by atoms with Crippen molar-refractivity contribution in [3.05, 3.63) is 24.3 Å². The van der Waals surface area contributed by atoms with Crippen LogP contribution in [0.4, 0.5) is 0 Å². The van der Waals surface area contributed by atoms with E-state index in [1.807, 2.05) is 30.3 Å². The number of carbonyl (C=O) groups is 1. The molecule has 1 atom stereocenters. The third-order valence-electron chi connectivity index (χ3n) is 4.08. The van der Waals surface area contributed by atoms with Crippen LogP contribution in [0.2, 0.25) is 0 Å². The molecule has 5 nitrogen and oxygen atoms in total. The molecule has 132 valence electrons. The van der Waals surface area contributed by atoms with Gasteiger partial charge in [-0.15, -0.1) is 0 Å². The quantitative estimate of drug-likeness (QED) is 0.387. The summed E-state index contributed by atoms with van der Waals surface area (Å²) in [6.07, 6.45) is 4.67. The molecule has 0 aliphatic rings. The fourth-order valence-electron chi connectivity index (χ4n) is 2.71. The standard InChI is InChI=1S/C19H24N4OS/c1-3-4-5-8-11-23-17-10-7-6-9-16(17)22-19(23)25-13-18(24)15(12-20)14(2)21/h6-7,9-10,15,21H,3-5,8,11,13H2,1-2H3/t15-/m1/s1. The lowest BCUT2D eigenvalue weighted by atomic mass is 10.0. The van der Waals surface area contributed by atoms with Gasteiger partial charge in [-0.3, -0.25) is 4.79 Å². The van der Waals surface area contributed by atoms with Crippen LogP contribution in [-0.4, -0.2) is 26.8 Å². The number of nitrogens with one attached hydrogen (secondary N) is 1. The van der Waals surface area contributed by atoms with E-state index in [2.05, 4.69) is 16.5 Å². The maximum atomic E-state index is 12.2. The Morgan fingerprint density at radius 3 is 2.80 bits per heavy atom. The number of nitrogens with zero attached hydrogens (tertiary/aromatic N) is 3. The minimum Gasteiger partial charge on any atom is -0.319 e. The molecule has 0 bridgehead atoms. The van der Waals surface area contributed by atoms with E-state index in [0.29, 0.717) is 0 Å². The van der Waals surface area contributed by atoms with Gasteiger partial charge in [0.05, 0.1) is 22.9 Å². The van der Waals surface area contributed by atoms with E-state index in [4.69, 9.17) is 10.7 Å². The second kappa shape index (κ2) is 9.38. The van der Waals surface area contributed by atoms with Crippen LogP contribution in [0.1, 0.15) is 39.5 Å². The van der Waals surface area contributed by atoms with Gasteiger partial charge in [0.15, 0.2) is 10.9 Å². The van der Waals surface area contributed by atoms with Crippen LogP contribution in [0.3, 0.4) is 0 Å². The molecule has 25 heavy (non-hydrogen) atoms. The molecule has 0 fully saturated rings. The number of hydrogen-bond acceptors (Lipinski definition) is 5. The largest absolute Gasteiger partial charge is 0.319 e. The maximum absolute atomic E-state index is 12.2. The van der Waals surface area contributed by atoms with Crippen molar-refractivity contribution in [1.82, 2.24) is 9.55 Å². The predicted octanol–water partition coefficient (Wildman–Crippen LogP) is 4.46. The van der Waals surface area contributed by atoms with Gasteiger partial charge in [0.25, 0.3) is 0 Å². The molecule has 0 saturated heterocycles. The average Bonchev–Trinajstić information content (AvgIpc) is 2.95. The Kier molecular flexibility index (Phi) is 7.20. The van der Waals surface area contributed by atoms with Crippen LogP contribution in [0, 0.1) is 22.7 Å². The molecule has 2 rings (SSSR count). The summed E-state index contributed by atoms with van der Waals surface area (Å²) < 4.78 is 2.17. The van der Waals surface area contributed by atoms with E-state index in [1.54, 1.807) is 0 Å². The fraction of sp³-hybridized carbons (Fsp3) is 0.474. The van der Waals surface area contributed by atoms with E-state index in [0.717, 1.165) is 29.2 Å². The molecule has 6 heteroatoms. The second-order valence-corrected chi connectivity index (χ2v) is 7.04. The van der Waals surface area contributed by atoms with Gasteiger partial charge in [-0.2, -0.15) is 5.26 Å². The van der Waals surface area contributed by atoms with Crippen LogP contribution in [0.5, 0.6) is 0 Å². The molecule has 0 aliphatic carbocycles. The van der Waals surface area contributed by atoms with Gasteiger partial charge in [0, 0.05) is 12.3 Å². The average molecular weight is 356 g/mol. The normalized spacial score (nSPS) is 12.0. The van der Waals surface area contributed by atoms with Crippen LogP contribution in [0.25, 0.3) is 11.0 Å². The molecule has 0 radical (unpaired) electrons. The SMILES string of the molecule is CCCCCCn1c(SCC(=O)[C@H](C#N)C(C)=N)nc2ccccc21. The molecule has 1 aromatic heterocycles. The number of unbranched alkanes of at least 4 members (excludes halogenated alkanes) is 3. The molecule has 1 N–H and O–H groups in total. The second-order valence-electron chi connectivity index (χ2n) is 6.10. The molecule has 0 amide bonds. The Labute approximate surface area is 152 Å². The van der Waals surface area contributed by atoms with Gasteiger partial charge in [-0.1, -0.05) is 50.1 Å². The molecule has 1 aromatic carbocycles. The number of Topliss-reactive ketones (excluding diaryl/α,β-unsaturated/α-hetero) is 1. The molecule has 1 heterocycles. The van der Waals surface area contributed by atoms with Crippen molar-refractivity contribution < 1.29 is 4.79 Å². The minimum absolute atomic E-state index is 0.0983. The number of carbonyl (C=O) groups excluding carboxylic acids is 1. The first kappa shape index (κ1) is 19.2. The third-order valence-corrected chi connectivity index (χ3v) is 5.08. The summed E-state index contributed by atoms with van der Waals surface area (Å²) >= 11 is 1.36. The van der Waals surface area contributed by atoms with Crippen molar-refractivity contribution in [2.75, 3.05) is 5.75 Å². The molecular formula is C19H24N4OS. The monoisotopic (exact) mass is 356 g/mol. The van der Waals surface area contributed by atoms with Crippen molar-refractivity contribution in [1.29, 1.82) is 10.7 Å². The third kappa shape index (κ3) is 4.93. The Morgan fingerprint density at radius 2 is 2.12 bits per heavy atom. The number of hydrogen-bond donors (Lipinski definition) is 1. The van der Waals surface area contributed by atoms with Crippen LogP contribution >= 0.6 is 11.8 Å². The smallest absolute Gasteiger partial charge is 0.169 e. The first-order chi connectivity index (χ1) is 12.1. The van der Waals surface area contributed by atoms with Gasteiger partial charge in [-0.05, 0) is 25.5 Å². The Morgan fingerprint density at radius 1 is 1.36 bits per heavy atom. The number of nitriles is 1. The first-order valence-corrected chi connectivity index (χ1v) is 9.62. The highest BCUT2D eigenvalue weighted by molar-refractivity contribution is 7.99. The molecule has 2 aromatic rings. The summed E-state index contributed by atoms with van der Waals surface area (Å²) in [6, 6.07) is 9.89. The number of aromatic nitrogens is 2. The van der Waals surface area contributed by atoms with E-state index >= 15 is 0 Å². The molecule has 0 unspecified atom stereocenters. The number of benzene rings is 1. The molecule has 0 spiro atoms. The van der Waals surface area contributed by atoms with Gasteiger partial charge in [0.1, 0.15) is 5.92 Å². The summed E-state index contributed by atoms with van der Waals surface area (Å²) in [6.45, 7) is 4.57. The van der Waals surface area contributed by atoms with E-state index in [9.17, 15) is 4.79 Å². The Bertz CT molecular complexity index is 790. The predicted molar refractivity (Wildman–Crippen MR) is 102 cm³/mol. The lowest BCUT2D eigenvalue weighted by molar-refractivity contribution is -0.117. The highest BCUT2D eigenvalue weighted by atomic mass is 32.2. The maximum Gasteiger partial charge on any atom is 0.169 e. The first-order valence-electron chi connectivity index (χ1n) is 8.64. The summed E-state index contributed by atoms with van der Waals surface area (Å²) in [5.41, 5.74) is 2.10. The summed E-state index contributed by atoms with van der Waals surface area (Å²) in [5, 5.41) is 17.4. The summed E-state index contributed by atoms with van der Waals surface area (Å²) in [7, 11) is 0. The van der Waals surface area contributed by atoms with Crippen molar-refractivity contribution in [3.63, 3.8) is 0 Å². The molecular weight excluding hydrogens is 332 g/mol. The zero-order valence-corrected chi connectivity index (χ0v) is 15.6. The number of fused-ring (bicyclic) bond motifs is 1. The van der Waals surface area contributed by atoms with Gasteiger partial charge in [0.2, 0.25) is 0 Å². The summed E-state index contributed by atoms with van der Waals surface area (Å²) in [5.74, 6) is -1.02.